The van der Waals surface area contributed by atoms with E-state index in [0.29, 0.717) is 12.3 Å². The van der Waals surface area contributed by atoms with Crippen molar-refractivity contribution in [3.8, 4) is 5.75 Å². The summed E-state index contributed by atoms with van der Waals surface area (Å²) in [6.45, 7) is 0.597. The highest BCUT2D eigenvalue weighted by Gasteiger charge is 2.11. The van der Waals surface area contributed by atoms with E-state index < -0.39 is 0 Å². The number of halogens is 1. The van der Waals surface area contributed by atoms with Crippen LogP contribution in [-0.4, -0.2) is 30.7 Å². The Labute approximate surface area is 137 Å². The maximum atomic E-state index is 12.1. The summed E-state index contributed by atoms with van der Waals surface area (Å²) < 4.78 is 5.86. The average Bonchev–Trinajstić information content (AvgIpc) is 2.90. The molecule has 0 fully saturated rings. The van der Waals surface area contributed by atoms with Gasteiger partial charge in [-0.15, -0.1) is 23.1 Å². The Morgan fingerprint density at radius 2 is 2.00 bits per heavy atom. The third-order valence-corrected chi connectivity index (χ3v) is 5.08. The largest absolute Gasteiger partial charge is 0.497 e. The van der Waals surface area contributed by atoms with Crippen molar-refractivity contribution in [3.63, 3.8) is 0 Å². The summed E-state index contributed by atoms with van der Waals surface area (Å²) >= 11 is 8.92. The highest BCUT2D eigenvalue weighted by Crippen LogP contribution is 2.24. The lowest BCUT2D eigenvalue weighted by molar-refractivity contribution is -0.127. The molecule has 1 aromatic heterocycles. The average molecular weight is 342 g/mol. The van der Waals surface area contributed by atoms with Gasteiger partial charge in [0.15, 0.2) is 0 Å². The lowest BCUT2D eigenvalue weighted by Gasteiger charge is -2.16. The maximum Gasteiger partial charge on any atom is 0.233 e. The molecular formula is C15H16ClNO2S2. The van der Waals surface area contributed by atoms with Crippen molar-refractivity contribution in [1.29, 1.82) is 0 Å². The van der Waals surface area contributed by atoms with E-state index in [-0.39, 0.29) is 5.91 Å². The van der Waals surface area contributed by atoms with E-state index in [0.717, 1.165) is 19.9 Å². The molecule has 6 heteroatoms. The number of methoxy groups -OCH3 is 1. The molecule has 0 aliphatic carbocycles. The number of thiophene rings is 1. The molecule has 1 amide bonds. The molecule has 0 saturated heterocycles. The molecule has 2 aromatic rings. The number of nitrogens with zero attached hydrogens (tertiary/aromatic N) is 1. The van der Waals surface area contributed by atoms with E-state index in [4.69, 9.17) is 16.3 Å². The van der Waals surface area contributed by atoms with E-state index >= 15 is 0 Å². The van der Waals surface area contributed by atoms with Crippen molar-refractivity contribution in [3.05, 3.63) is 45.6 Å². The summed E-state index contributed by atoms with van der Waals surface area (Å²) in [6.07, 6.45) is 0. The fourth-order valence-electron chi connectivity index (χ4n) is 1.69. The first-order valence-corrected chi connectivity index (χ1v) is 8.51. The Kier molecular flexibility index (Phi) is 5.96. The third kappa shape index (κ3) is 4.95. The van der Waals surface area contributed by atoms with E-state index in [1.165, 1.54) is 23.1 Å². The molecule has 0 aliphatic heterocycles. The predicted octanol–water partition coefficient (Wildman–Crippen LogP) is 4.16. The highest BCUT2D eigenvalue weighted by molar-refractivity contribution is 8.00. The van der Waals surface area contributed by atoms with Crippen LogP contribution in [0.1, 0.15) is 4.88 Å². The van der Waals surface area contributed by atoms with Gasteiger partial charge in [0.25, 0.3) is 0 Å². The number of amides is 1. The van der Waals surface area contributed by atoms with Crippen molar-refractivity contribution >= 4 is 40.6 Å². The summed E-state index contributed by atoms with van der Waals surface area (Å²) in [4.78, 5) is 16.0. The minimum absolute atomic E-state index is 0.0975. The fraction of sp³-hybridized carbons (Fsp3) is 0.267. The molecule has 3 nitrogen and oxygen atoms in total. The van der Waals surface area contributed by atoms with Crippen LogP contribution >= 0.6 is 34.7 Å². The van der Waals surface area contributed by atoms with E-state index in [9.17, 15) is 4.79 Å². The van der Waals surface area contributed by atoms with Crippen LogP contribution in [0, 0.1) is 0 Å². The van der Waals surface area contributed by atoms with Gasteiger partial charge in [0.2, 0.25) is 5.91 Å². The lowest BCUT2D eigenvalue weighted by atomic mass is 10.3. The second kappa shape index (κ2) is 7.73. The molecule has 112 valence electrons. The van der Waals surface area contributed by atoms with Crippen LogP contribution in [0.4, 0.5) is 0 Å². The molecule has 21 heavy (non-hydrogen) atoms. The Hall–Kier alpha value is -1.17. The molecule has 0 N–H and O–H groups in total. The second-order valence-electron chi connectivity index (χ2n) is 4.42. The summed E-state index contributed by atoms with van der Waals surface area (Å²) in [6, 6.07) is 11.5. The number of carbonyl (C=O) groups is 1. The first-order valence-electron chi connectivity index (χ1n) is 6.33. The van der Waals surface area contributed by atoms with E-state index in [2.05, 4.69) is 0 Å². The lowest BCUT2D eigenvalue weighted by Crippen LogP contribution is -2.27. The van der Waals surface area contributed by atoms with Crippen LogP contribution < -0.4 is 4.74 Å². The SMILES string of the molecule is COc1ccc(SCC(=O)N(C)Cc2ccc(Cl)s2)cc1. The number of hydrogen-bond donors (Lipinski definition) is 0. The van der Waals surface area contributed by atoms with Gasteiger partial charge in [-0.1, -0.05) is 11.6 Å². The molecule has 0 aliphatic rings. The molecule has 0 unspecified atom stereocenters. The quantitative estimate of drug-likeness (QED) is 0.739. The molecule has 0 atom stereocenters. The molecule has 1 heterocycles. The summed E-state index contributed by atoms with van der Waals surface area (Å²) in [5.41, 5.74) is 0. The van der Waals surface area contributed by atoms with Crippen LogP contribution in [0.2, 0.25) is 4.34 Å². The zero-order valence-electron chi connectivity index (χ0n) is 11.8. The Balaban J connectivity index is 1.82. The van der Waals surface area contributed by atoms with E-state index in [1.54, 1.807) is 12.0 Å². The van der Waals surface area contributed by atoms with Crippen molar-refractivity contribution < 1.29 is 9.53 Å². The minimum Gasteiger partial charge on any atom is -0.497 e. The zero-order chi connectivity index (χ0) is 15.2. The minimum atomic E-state index is 0.0975. The van der Waals surface area contributed by atoms with Gasteiger partial charge in [-0.2, -0.15) is 0 Å². The van der Waals surface area contributed by atoms with Crippen LogP contribution in [0.25, 0.3) is 0 Å². The number of thioether (sulfide) groups is 1. The van der Waals surface area contributed by atoms with Crippen molar-refractivity contribution in [2.45, 2.75) is 11.4 Å². The highest BCUT2D eigenvalue weighted by atomic mass is 35.5. The van der Waals surface area contributed by atoms with Crippen molar-refractivity contribution in [2.24, 2.45) is 0 Å². The summed E-state index contributed by atoms with van der Waals surface area (Å²) in [5, 5.41) is 0. The number of hydrogen-bond acceptors (Lipinski definition) is 4. The number of benzene rings is 1. The number of carbonyl (C=O) groups excluding carboxylic acids is 1. The normalized spacial score (nSPS) is 10.4. The van der Waals surface area contributed by atoms with Gasteiger partial charge < -0.3 is 9.64 Å². The van der Waals surface area contributed by atoms with Gasteiger partial charge >= 0.3 is 0 Å². The first-order chi connectivity index (χ1) is 10.1. The van der Waals surface area contributed by atoms with Crippen LogP contribution in [0.15, 0.2) is 41.3 Å². The summed E-state index contributed by atoms with van der Waals surface area (Å²) in [7, 11) is 3.45. The van der Waals surface area contributed by atoms with Crippen molar-refractivity contribution in [1.82, 2.24) is 4.90 Å². The monoisotopic (exact) mass is 341 g/mol. The van der Waals surface area contributed by atoms with Gasteiger partial charge in [0, 0.05) is 16.8 Å². The van der Waals surface area contributed by atoms with Crippen LogP contribution in [0.3, 0.4) is 0 Å². The predicted molar refractivity (Wildman–Crippen MR) is 89.5 cm³/mol. The summed E-state index contributed by atoms with van der Waals surface area (Å²) in [5.74, 6) is 1.33. The Morgan fingerprint density at radius 3 is 2.57 bits per heavy atom. The second-order valence-corrected chi connectivity index (χ2v) is 7.27. The van der Waals surface area contributed by atoms with E-state index in [1.807, 2.05) is 43.4 Å². The first kappa shape index (κ1) is 16.2. The Morgan fingerprint density at radius 1 is 1.29 bits per heavy atom. The molecule has 1 aromatic carbocycles. The topological polar surface area (TPSA) is 29.5 Å². The smallest absolute Gasteiger partial charge is 0.233 e. The third-order valence-electron chi connectivity index (χ3n) is 2.87. The van der Waals surface area contributed by atoms with Gasteiger partial charge in [-0.3, -0.25) is 4.79 Å². The molecule has 0 bridgehead atoms. The van der Waals surface area contributed by atoms with Gasteiger partial charge in [-0.25, -0.2) is 0 Å². The maximum absolute atomic E-state index is 12.1. The molecule has 0 spiro atoms. The van der Waals surface area contributed by atoms with Gasteiger partial charge in [0.1, 0.15) is 5.75 Å². The van der Waals surface area contributed by atoms with Gasteiger partial charge in [-0.05, 0) is 36.4 Å². The van der Waals surface area contributed by atoms with Gasteiger partial charge in [0.05, 0.1) is 23.7 Å². The molecule has 0 radical (unpaired) electrons. The molecule has 2 rings (SSSR count). The molecule has 0 saturated carbocycles. The van der Waals surface area contributed by atoms with Crippen molar-refractivity contribution in [2.75, 3.05) is 19.9 Å². The Bertz CT molecular complexity index is 598. The van der Waals surface area contributed by atoms with Crippen LogP contribution in [0.5, 0.6) is 5.75 Å². The molecular weight excluding hydrogens is 326 g/mol. The van der Waals surface area contributed by atoms with Crippen LogP contribution in [-0.2, 0) is 11.3 Å². The zero-order valence-corrected chi connectivity index (χ0v) is 14.2. The standard InChI is InChI=1S/C15H16ClNO2S2/c1-17(9-13-7-8-14(16)21-13)15(18)10-20-12-5-3-11(19-2)4-6-12/h3-8H,9-10H2,1-2H3. The number of rotatable bonds is 6. The number of ether oxygens (including phenoxy) is 1. The fourth-order valence-corrected chi connectivity index (χ4v) is 3.67.